The van der Waals surface area contributed by atoms with Gasteiger partial charge in [-0.1, -0.05) is 25.0 Å². The van der Waals surface area contributed by atoms with Gasteiger partial charge in [-0.2, -0.15) is 0 Å². The Balaban J connectivity index is 1.58. The number of rotatable bonds is 7. The number of aryl methyl sites for hydroxylation is 2. The van der Waals surface area contributed by atoms with E-state index in [0.29, 0.717) is 24.9 Å². The highest BCUT2D eigenvalue weighted by molar-refractivity contribution is 5.92. The minimum absolute atomic E-state index is 0.134. The van der Waals surface area contributed by atoms with Crippen molar-refractivity contribution in [2.45, 2.75) is 59.5 Å². The molecule has 3 N–H and O–H groups in total. The minimum atomic E-state index is 0.134. The Kier molecular flexibility index (Phi) is 7.27. The Morgan fingerprint density at radius 2 is 2.03 bits per heavy atom. The van der Waals surface area contributed by atoms with Crippen LogP contribution in [-0.4, -0.2) is 23.4 Å². The number of aromatic nitrogens is 1. The predicted octanol–water partition coefficient (Wildman–Crippen LogP) is 3.68. The molecule has 3 rings (SSSR count). The maximum absolute atomic E-state index is 12.3. The van der Waals surface area contributed by atoms with E-state index < -0.39 is 0 Å². The van der Waals surface area contributed by atoms with Gasteiger partial charge in [-0.15, -0.1) is 0 Å². The number of oxazole rings is 1. The normalized spacial score (nSPS) is 14.8. The lowest BCUT2D eigenvalue weighted by Gasteiger charge is -2.12. The molecule has 7 heteroatoms. The monoisotopic (exact) mass is 397 g/mol. The lowest BCUT2D eigenvalue weighted by atomic mass is 10.1. The maximum atomic E-state index is 12.3. The van der Waals surface area contributed by atoms with Gasteiger partial charge in [0, 0.05) is 18.2 Å². The summed E-state index contributed by atoms with van der Waals surface area (Å²) in [6, 6.07) is 7.88. The zero-order chi connectivity index (χ0) is 20.6. The van der Waals surface area contributed by atoms with Crippen LogP contribution in [0, 0.1) is 19.8 Å². The molecular weight excluding hydrogens is 366 g/mol. The van der Waals surface area contributed by atoms with E-state index in [-0.39, 0.29) is 11.8 Å². The van der Waals surface area contributed by atoms with Crippen molar-refractivity contribution in [2.24, 2.45) is 10.9 Å². The molecule has 1 aliphatic rings. The summed E-state index contributed by atoms with van der Waals surface area (Å²) in [4.78, 5) is 21.4. The van der Waals surface area contributed by atoms with E-state index in [9.17, 15) is 4.79 Å². The second-order valence-electron chi connectivity index (χ2n) is 7.47. The van der Waals surface area contributed by atoms with Gasteiger partial charge in [0.25, 0.3) is 0 Å². The number of aliphatic imine (C=N–C) groups is 1. The standard InChI is InChI=1S/C22H31N5O2/c1-4-23-22(25-14-20-26-15(2)16(3)29-20)24-13-17-8-7-11-19(12-17)27-21(28)18-9-5-6-10-18/h7-8,11-12,18H,4-6,9-10,13-14H2,1-3H3,(H,27,28)(H2,23,24,25). The molecule has 1 aromatic carbocycles. The molecule has 0 aliphatic heterocycles. The number of hydrogen-bond acceptors (Lipinski definition) is 4. The first-order valence-corrected chi connectivity index (χ1v) is 10.4. The summed E-state index contributed by atoms with van der Waals surface area (Å²) < 4.78 is 5.60. The largest absolute Gasteiger partial charge is 0.444 e. The van der Waals surface area contributed by atoms with Crippen LogP contribution in [0.3, 0.4) is 0 Å². The van der Waals surface area contributed by atoms with Crippen molar-refractivity contribution in [1.29, 1.82) is 0 Å². The molecule has 1 aromatic heterocycles. The van der Waals surface area contributed by atoms with Crippen molar-refractivity contribution in [3.8, 4) is 0 Å². The summed E-state index contributed by atoms with van der Waals surface area (Å²) in [5.74, 6) is 2.46. The molecule has 1 aliphatic carbocycles. The molecule has 0 radical (unpaired) electrons. The van der Waals surface area contributed by atoms with Crippen LogP contribution in [-0.2, 0) is 17.9 Å². The van der Waals surface area contributed by atoms with Crippen LogP contribution in [0.2, 0.25) is 0 Å². The Labute approximate surface area is 172 Å². The number of amides is 1. The van der Waals surface area contributed by atoms with Gasteiger partial charge in [0.1, 0.15) is 5.76 Å². The van der Waals surface area contributed by atoms with Crippen LogP contribution in [0.1, 0.15) is 55.5 Å². The Hall–Kier alpha value is -2.83. The first-order valence-electron chi connectivity index (χ1n) is 10.4. The van der Waals surface area contributed by atoms with Crippen molar-refractivity contribution < 1.29 is 9.21 Å². The van der Waals surface area contributed by atoms with Gasteiger partial charge < -0.3 is 20.4 Å². The molecule has 1 amide bonds. The molecule has 0 bridgehead atoms. The summed E-state index contributed by atoms with van der Waals surface area (Å²) in [5, 5.41) is 9.52. The van der Waals surface area contributed by atoms with E-state index >= 15 is 0 Å². The van der Waals surface area contributed by atoms with Gasteiger partial charge in [0.2, 0.25) is 11.8 Å². The first-order chi connectivity index (χ1) is 14.0. The number of carbonyl (C=O) groups is 1. The van der Waals surface area contributed by atoms with Crippen LogP contribution in [0.4, 0.5) is 5.69 Å². The van der Waals surface area contributed by atoms with Crippen molar-refractivity contribution >= 4 is 17.6 Å². The van der Waals surface area contributed by atoms with Gasteiger partial charge in [-0.05, 0) is 51.3 Å². The Bertz CT molecular complexity index is 833. The first kappa shape index (κ1) is 20.9. The SMILES string of the molecule is CCNC(=NCc1cccc(NC(=O)C2CCCC2)c1)NCc1nc(C)c(C)o1. The van der Waals surface area contributed by atoms with Gasteiger partial charge >= 0.3 is 0 Å². The summed E-state index contributed by atoms with van der Waals surface area (Å²) in [5.41, 5.74) is 2.77. The predicted molar refractivity (Wildman–Crippen MR) is 115 cm³/mol. The molecular formula is C22H31N5O2. The fourth-order valence-corrected chi connectivity index (χ4v) is 3.47. The van der Waals surface area contributed by atoms with Crippen molar-refractivity contribution in [3.63, 3.8) is 0 Å². The average molecular weight is 398 g/mol. The third kappa shape index (κ3) is 6.07. The molecule has 1 fully saturated rings. The molecule has 7 nitrogen and oxygen atoms in total. The van der Waals surface area contributed by atoms with Crippen LogP contribution >= 0.6 is 0 Å². The number of hydrogen-bond donors (Lipinski definition) is 3. The molecule has 156 valence electrons. The molecule has 2 aromatic rings. The molecule has 1 saturated carbocycles. The number of nitrogens with one attached hydrogen (secondary N) is 3. The van der Waals surface area contributed by atoms with Crippen LogP contribution < -0.4 is 16.0 Å². The van der Waals surface area contributed by atoms with Crippen molar-refractivity contribution in [3.05, 3.63) is 47.2 Å². The zero-order valence-corrected chi connectivity index (χ0v) is 17.5. The fraction of sp³-hybridized carbons (Fsp3) is 0.500. The zero-order valence-electron chi connectivity index (χ0n) is 17.5. The van der Waals surface area contributed by atoms with Crippen LogP contribution in [0.15, 0.2) is 33.7 Å². The maximum Gasteiger partial charge on any atom is 0.227 e. The number of anilines is 1. The summed E-state index contributed by atoms with van der Waals surface area (Å²) in [6.45, 7) is 7.59. The molecule has 0 unspecified atom stereocenters. The topological polar surface area (TPSA) is 91.5 Å². The summed E-state index contributed by atoms with van der Waals surface area (Å²) in [6.07, 6.45) is 4.30. The highest BCUT2D eigenvalue weighted by atomic mass is 16.4. The smallest absolute Gasteiger partial charge is 0.227 e. The van der Waals surface area contributed by atoms with E-state index in [1.54, 1.807) is 0 Å². The minimum Gasteiger partial charge on any atom is -0.444 e. The van der Waals surface area contributed by atoms with E-state index in [1.807, 2.05) is 45.0 Å². The van der Waals surface area contributed by atoms with E-state index in [0.717, 1.165) is 54.9 Å². The quantitative estimate of drug-likeness (QED) is 0.490. The van der Waals surface area contributed by atoms with Gasteiger partial charge in [0.05, 0.1) is 18.8 Å². The van der Waals surface area contributed by atoms with Crippen molar-refractivity contribution in [1.82, 2.24) is 15.6 Å². The number of carbonyl (C=O) groups excluding carboxylic acids is 1. The fourth-order valence-electron chi connectivity index (χ4n) is 3.47. The van der Waals surface area contributed by atoms with E-state index in [1.165, 1.54) is 0 Å². The third-order valence-corrected chi connectivity index (χ3v) is 5.16. The molecule has 0 saturated heterocycles. The number of guanidine groups is 1. The number of nitrogens with zero attached hydrogens (tertiary/aromatic N) is 2. The molecule has 1 heterocycles. The lowest BCUT2D eigenvalue weighted by Crippen LogP contribution is -2.36. The number of benzene rings is 1. The highest BCUT2D eigenvalue weighted by Crippen LogP contribution is 2.26. The van der Waals surface area contributed by atoms with E-state index in [4.69, 9.17) is 4.42 Å². The second kappa shape index (κ2) is 10.1. The second-order valence-corrected chi connectivity index (χ2v) is 7.47. The van der Waals surface area contributed by atoms with Gasteiger partial charge in [-0.25, -0.2) is 9.98 Å². The molecule has 0 atom stereocenters. The lowest BCUT2D eigenvalue weighted by molar-refractivity contribution is -0.119. The molecule has 29 heavy (non-hydrogen) atoms. The summed E-state index contributed by atoms with van der Waals surface area (Å²) in [7, 11) is 0. The van der Waals surface area contributed by atoms with Gasteiger partial charge in [-0.3, -0.25) is 4.79 Å². The molecule has 0 spiro atoms. The van der Waals surface area contributed by atoms with E-state index in [2.05, 4.69) is 25.9 Å². The Morgan fingerprint density at radius 1 is 1.24 bits per heavy atom. The van der Waals surface area contributed by atoms with Gasteiger partial charge in [0.15, 0.2) is 5.96 Å². The summed E-state index contributed by atoms with van der Waals surface area (Å²) >= 11 is 0. The average Bonchev–Trinajstić information content (AvgIpc) is 3.35. The Morgan fingerprint density at radius 3 is 2.72 bits per heavy atom. The highest BCUT2D eigenvalue weighted by Gasteiger charge is 2.22. The van der Waals surface area contributed by atoms with Crippen LogP contribution in [0.5, 0.6) is 0 Å². The van der Waals surface area contributed by atoms with Crippen molar-refractivity contribution in [2.75, 3.05) is 11.9 Å². The third-order valence-electron chi connectivity index (χ3n) is 5.16. The van der Waals surface area contributed by atoms with Crippen LogP contribution in [0.25, 0.3) is 0 Å².